The molecule has 30 heavy (non-hydrogen) atoms. The van der Waals surface area contributed by atoms with Gasteiger partial charge >= 0.3 is 5.97 Å². The minimum absolute atomic E-state index is 0.164. The lowest BCUT2D eigenvalue weighted by Gasteiger charge is -2.06. The molecular weight excluding hydrogens is 402 g/mol. The largest absolute Gasteiger partial charge is 0.451 e. The average molecular weight is 423 g/mol. The van der Waals surface area contributed by atoms with Gasteiger partial charge in [-0.1, -0.05) is 31.2 Å². The molecule has 7 nitrogen and oxygen atoms in total. The highest BCUT2D eigenvalue weighted by Crippen LogP contribution is 2.24. The molecule has 0 bridgehead atoms. The number of carbonyl (C=O) groups is 3. The van der Waals surface area contributed by atoms with Gasteiger partial charge in [0.1, 0.15) is 5.01 Å². The van der Waals surface area contributed by atoms with Gasteiger partial charge in [-0.2, -0.15) is 0 Å². The van der Waals surface area contributed by atoms with Crippen LogP contribution in [0.5, 0.6) is 0 Å². The number of amides is 2. The van der Waals surface area contributed by atoms with Crippen molar-refractivity contribution in [2.75, 3.05) is 19.0 Å². The van der Waals surface area contributed by atoms with Crippen LogP contribution >= 0.6 is 11.3 Å². The van der Waals surface area contributed by atoms with Gasteiger partial charge in [-0.05, 0) is 36.2 Å². The van der Waals surface area contributed by atoms with Crippen molar-refractivity contribution in [3.8, 4) is 10.6 Å². The molecule has 8 heteroatoms. The van der Waals surface area contributed by atoms with Gasteiger partial charge in [-0.25, -0.2) is 9.78 Å². The Morgan fingerprint density at radius 1 is 1.03 bits per heavy atom. The number of rotatable bonds is 7. The van der Waals surface area contributed by atoms with Gasteiger partial charge < -0.3 is 15.4 Å². The summed E-state index contributed by atoms with van der Waals surface area (Å²) >= 11 is 1.34. The first-order chi connectivity index (χ1) is 14.5. The van der Waals surface area contributed by atoms with Gasteiger partial charge in [-0.15, -0.1) is 11.3 Å². The smallest absolute Gasteiger partial charge is 0.358 e. The molecule has 2 aromatic carbocycles. The molecule has 3 rings (SSSR count). The number of anilines is 1. The van der Waals surface area contributed by atoms with E-state index in [-0.39, 0.29) is 11.6 Å². The number of thiazole rings is 1. The molecule has 0 unspecified atom stereocenters. The summed E-state index contributed by atoms with van der Waals surface area (Å²) in [4.78, 5) is 40.0. The Morgan fingerprint density at radius 3 is 2.37 bits per heavy atom. The molecule has 0 saturated carbocycles. The predicted octanol–water partition coefficient (Wildman–Crippen LogP) is 3.53. The number of nitrogens with zero attached hydrogens (tertiary/aromatic N) is 1. The molecule has 1 aromatic heterocycles. The molecule has 0 aliphatic rings. The van der Waals surface area contributed by atoms with Crippen LogP contribution in [-0.2, 0) is 16.0 Å². The van der Waals surface area contributed by atoms with Crippen molar-refractivity contribution in [2.24, 2.45) is 0 Å². The first kappa shape index (κ1) is 21.2. The van der Waals surface area contributed by atoms with Crippen LogP contribution in [0.25, 0.3) is 10.6 Å². The number of hydrogen-bond acceptors (Lipinski definition) is 6. The van der Waals surface area contributed by atoms with E-state index in [1.807, 2.05) is 24.3 Å². The molecular formula is C22H21N3O4S. The van der Waals surface area contributed by atoms with Gasteiger partial charge in [0.15, 0.2) is 12.3 Å². The molecule has 0 spiro atoms. The zero-order valence-electron chi connectivity index (χ0n) is 16.6. The number of hydrogen-bond donors (Lipinski definition) is 2. The maximum Gasteiger partial charge on any atom is 0.358 e. The third-order valence-corrected chi connectivity index (χ3v) is 5.21. The van der Waals surface area contributed by atoms with Crippen LogP contribution in [0.3, 0.4) is 0 Å². The monoisotopic (exact) mass is 423 g/mol. The molecule has 0 radical (unpaired) electrons. The maximum absolute atomic E-state index is 12.2. The molecule has 154 valence electrons. The van der Waals surface area contributed by atoms with Crippen molar-refractivity contribution in [3.05, 3.63) is 70.7 Å². The van der Waals surface area contributed by atoms with Crippen molar-refractivity contribution < 1.29 is 19.1 Å². The van der Waals surface area contributed by atoms with Crippen LogP contribution < -0.4 is 10.6 Å². The Balaban J connectivity index is 1.53. The molecule has 0 atom stereocenters. The zero-order chi connectivity index (χ0) is 21.5. The van der Waals surface area contributed by atoms with E-state index in [2.05, 4.69) is 22.5 Å². The summed E-state index contributed by atoms with van der Waals surface area (Å²) in [5.74, 6) is -1.36. The Morgan fingerprint density at radius 2 is 1.73 bits per heavy atom. The molecule has 2 N–H and O–H groups in total. The number of esters is 1. The van der Waals surface area contributed by atoms with Crippen molar-refractivity contribution in [1.29, 1.82) is 0 Å². The highest BCUT2D eigenvalue weighted by molar-refractivity contribution is 7.13. The summed E-state index contributed by atoms with van der Waals surface area (Å²) in [7, 11) is 1.54. The number of nitrogens with one attached hydrogen (secondary N) is 2. The average Bonchev–Trinajstić information content (AvgIpc) is 3.28. The molecule has 0 aliphatic carbocycles. The Kier molecular flexibility index (Phi) is 6.92. The fourth-order valence-corrected chi connectivity index (χ4v) is 3.43. The molecule has 0 saturated heterocycles. The van der Waals surface area contributed by atoms with Gasteiger partial charge in [0, 0.05) is 29.2 Å². The van der Waals surface area contributed by atoms with Crippen LogP contribution in [0.1, 0.15) is 33.3 Å². The minimum Gasteiger partial charge on any atom is -0.451 e. The standard InChI is InChI=1S/C22H21N3O4S/c1-3-14-4-6-16(7-5-14)21-25-18(13-30-21)22(28)29-12-19(26)24-17-10-8-15(9-11-17)20(27)23-2/h4-11,13H,3,12H2,1-2H3,(H,23,27)(H,24,26). The Hall–Kier alpha value is -3.52. The summed E-state index contributed by atoms with van der Waals surface area (Å²) in [6, 6.07) is 14.4. The lowest BCUT2D eigenvalue weighted by molar-refractivity contribution is -0.119. The van der Waals surface area contributed by atoms with Crippen LogP contribution in [0, 0.1) is 0 Å². The van der Waals surface area contributed by atoms with Crippen molar-refractivity contribution in [1.82, 2.24) is 10.3 Å². The SMILES string of the molecule is CCc1ccc(-c2nc(C(=O)OCC(=O)Nc3ccc(C(=O)NC)cc3)cs2)cc1. The van der Waals surface area contributed by atoms with Crippen LogP contribution in [0.4, 0.5) is 5.69 Å². The second kappa shape index (κ2) is 9.80. The van der Waals surface area contributed by atoms with E-state index in [0.717, 1.165) is 12.0 Å². The minimum atomic E-state index is -0.659. The summed E-state index contributed by atoms with van der Waals surface area (Å²) in [5, 5.41) is 7.45. The molecule has 0 fully saturated rings. The third kappa shape index (κ3) is 5.30. The third-order valence-electron chi connectivity index (χ3n) is 4.31. The van der Waals surface area contributed by atoms with Crippen molar-refractivity contribution >= 4 is 34.8 Å². The van der Waals surface area contributed by atoms with E-state index >= 15 is 0 Å². The fourth-order valence-electron chi connectivity index (χ4n) is 2.63. The quantitative estimate of drug-likeness (QED) is 0.567. The van der Waals surface area contributed by atoms with E-state index < -0.39 is 18.5 Å². The Bertz CT molecular complexity index is 1040. The van der Waals surface area contributed by atoms with E-state index in [1.165, 1.54) is 16.9 Å². The zero-order valence-corrected chi connectivity index (χ0v) is 17.4. The normalized spacial score (nSPS) is 10.3. The van der Waals surface area contributed by atoms with Gasteiger partial charge in [0.2, 0.25) is 0 Å². The molecule has 1 heterocycles. The number of aromatic nitrogens is 1. The number of aryl methyl sites for hydroxylation is 1. The lowest BCUT2D eigenvalue weighted by atomic mass is 10.1. The van der Waals surface area contributed by atoms with Crippen molar-refractivity contribution in [2.45, 2.75) is 13.3 Å². The van der Waals surface area contributed by atoms with E-state index in [0.29, 0.717) is 16.3 Å². The van der Waals surface area contributed by atoms with E-state index in [9.17, 15) is 14.4 Å². The fraction of sp³-hybridized carbons (Fsp3) is 0.182. The number of benzene rings is 2. The second-order valence-electron chi connectivity index (χ2n) is 6.37. The summed E-state index contributed by atoms with van der Waals surface area (Å²) < 4.78 is 5.06. The summed E-state index contributed by atoms with van der Waals surface area (Å²) in [6.07, 6.45) is 0.954. The molecule has 0 aliphatic heterocycles. The number of carbonyl (C=O) groups excluding carboxylic acids is 3. The van der Waals surface area contributed by atoms with E-state index in [4.69, 9.17) is 4.74 Å². The van der Waals surface area contributed by atoms with Crippen LogP contribution in [-0.4, -0.2) is 36.4 Å². The van der Waals surface area contributed by atoms with Crippen LogP contribution in [0.15, 0.2) is 53.9 Å². The number of ether oxygens (including phenoxy) is 1. The van der Waals surface area contributed by atoms with E-state index in [1.54, 1.807) is 36.7 Å². The lowest BCUT2D eigenvalue weighted by Crippen LogP contribution is -2.21. The molecule has 2 amide bonds. The highest BCUT2D eigenvalue weighted by atomic mass is 32.1. The van der Waals surface area contributed by atoms with Gasteiger partial charge in [0.25, 0.3) is 11.8 Å². The highest BCUT2D eigenvalue weighted by Gasteiger charge is 2.15. The van der Waals surface area contributed by atoms with Gasteiger partial charge in [-0.3, -0.25) is 9.59 Å². The van der Waals surface area contributed by atoms with Crippen LogP contribution in [0.2, 0.25) is 0 Å². The first-order valence-corrected chi connectivity index (χ1v) is 10.2. The first-order valence-electron chi connectivity index (χ1n) is 9.34. The summed E-state index contributed by atoms with van der Waals surface area (Å²) in [6.45, 7) is 1.65. The summed E-state index contributed by atoms with van der Waals surface area (Å²) in [5.41, 5.74) is 3.29. The molecule has 3 aromatic rings. The topological polar surface area (TPSA) is 97.4 Å². The second-order valence-corrected chi connectivity index (χ2v) is 7.23. The van der Waals surface area contributed by atoms with Crippen molar-refractivity contribution in [3.63, 3.8) is 0 Å². The predicted molar refractivity (Wildman–Crippen MR) is 116 cm³/mol. The maximum atomic E-state index is 12.2. The Labute approximate surface area is 178 Å². The van der Waals surface area contributed by atoms with Gasteiger partial charge in [0.05, 0.1) is 0 Å².